The summed E-state index contributed by atoms with van der Waals surface area (Å²) in [6, 6.07) is 1.45. The molecule has 8 heteroatoms. The molecule has 2 aliphatic rings. The number of alkyl halides is 4. The summed E-state index contributed by atoms with van der Waals surface area (Å²) in [6.45, 7) is 5.24. The number of halogens is 4. The number of aryl methyl sites for hydroxylation is 2. The minimum absolute atomic E-state index is 0.0360. The molecule has 0 aromatic carbocycles. The van der Waals surface area contributed by atoms with Crippen molar-refractivity contribution in [3.05, 3.63) is 35.5 Å². The van der Waals surface area contributed by atoms with E-state index in [4.69, 9.17) is 0 Å². The molecule has 146 valence electrons. The van der Waals surface area contributed by atoms with Gasteiger partial charge >= 0.3 is 6.18 Å². The molecule has 0 amide bonds. The monoisotopic (exact) mass is 382 g/mol. The van der Waals surface area contributed by atoms with E-state index in [-0.39, 0.29) is 12.4 Å². The van der Waals surface area contributed by atoms with Crippen LogP contribution in [0.2, 0.25) is 0 Å². The molecule has 1 unspecified atom stereocenters. The predicted octanol–water partition coefficient (Wildman–Crippen LogP) is 3.91. The van der Waals surface area contributed by atoms with Gasteiger partial charge in [0.05, 0.1) is 11.3 Å². The lowest BCUT2D eigenvalue weighted by Gasteiger charge is -2.18. The number of hydrogen-bond donors (Lipinski definition) is 0. The molecule has 3 atom stereocenters. The highest BCUT2D eigenvalue weighted by molar-refractivity contribution is 5.59. The molecule has 1 aliphatic heterocycles. The molecule has 27 heavy (non-hydrogen) atoms. The zero-order valence-corrected chi connectivity index (χ0v) is 15.3. The van der Waals surface area contributed by atoms with Gasteiger partial charge in [-0.2, -0.15) is 13.2 Å². The number of nitrogens with zero attached hydrogens (tertiary/aromatic N) is 4. The Bertz CT molecular complexity index is 833. The lowest BCUT2D eigenvalue weighted by molar-refractivity contribution is -0.138. The molecule has 0 spiro atoms. The van der Waals surface area contributed by atoms with Crippen molar-refractivity contribution in [2.75, 3.05) is 26.3 Å². The lowest BCUT2D eigenvalue weighted by atomic mass is 10.1. The van der Waals surface area contributed by atoms with Gasteiger partial charge in [-0.05, 0) is 24.8 Å². The molecule has 2 aromatic rings. The zero-order valence-electron chi connectivity index (χ0n) is 15.3. The van der Waals surface area contributed by atoms with Gasteiger partial charge < -0.3 is 9.47 Å². The fourth-order valence-corrected chi connectivity index (χ4v) is 4.35. The minimum atomic E-state index is -4.43. The minimum Gasteiger partial charge on any atom is -0.331 e. The third-order valence-corrected chi connectivity index (χ3v) is 5.76. The highest BCUT2D eigenvalue weighted by Gasteiger charge is 2.57. The summed E-state index contributed by atoms with van der Waals surface area (Å²) in [5.74, 6) is 1.83. The van der Waals surface area contributed by atoms with E-state index in [9.17, 15) is 17.6 Å². The fourth-order valence-electron chi connectivity index (χ4n) is 4.35. The number of rotatable bonds is 5. The van der Waals surface area contributed by atoms with Crippen LogP contribution in [0.5, 0.6) is 0 Å². The first-order valence-electron chi connectivity index (χ1n) is 9.23. The molecule has 2 fully saturated rings. The Labute approximate surface area is 155 Å². The van der Waals surface area contributed by atoms with Crippen LogP contribution in [0.1, 0.15) is 30.0 Å². The quantitative estimate of drug-likeness (QED) is 0.736. The topological polar surface area (TPSA) is 34.0 Å². The van der Waals surface area contributed by atoms with Crippen molar-refractivity contribution in [1.29, 1.82) is 0 Å². The molecule has 0 bridgehead atoms. The van der Waals surface area contributed by atoms with Crippen molar-refractivity contribution in [3.8, 4) is 11.3 Å². The van der Waals surface area contributed by atoms with Gasteiger partial charge in [-0.1, -0.05) is 6.92 Å². The maximum atomic E-state index is 13.2. The Hall–Kier alpha value is -1.96. The number of aromatic nitrogens is 3. The Balaban J connectivity index is 1.61. The molecule has 0 radical (unpaired) electrons. The third kappa shape index (κ3) is 3.24. The van der Waals surface area contributed by atoms with Crippen molar-refractivity contribution >= 4 is 0 Å². The summed E-state index contributed by atoms with van der Waals surface area (Å²) in [7, 11) is 0. The molecule has 4 nitrogen and oxygen atoms in total. The van der Waals surface area contributed by atoms with Gasteiger partial charge in [0.15, 0.2) is 0 Å². The fraction of sp³-hybridized carbons (Fsp3) is 0.579. The number of hydrogen-bond acceptors (Lipinski definition) is 3. The van der Waals surface area contributed by atoms with Crippen molar-refractivity contribution in [1.82, 2.24) is 19.4 Å². The molecule has 3 heterocycles. The Morgan fingerprint density at radius 3 is 2.52 bits per heavy atom. The smallest absolute Gasteiger partial charge is 0.331 e. The average Bonchev–Trinajstić information content (AvgIpc) is 2.98. The normalized spacial score (nSPS) is 25.0. The largest absolute Gasteiger partial charge is 0.418 e. The highest BCUT2D eigenvalue weighted by atomic mass is 19.4. The van der Waals surface area contributed by atoms with Crippen LogP contribution in [0.4, 0.5) is 17.6 Å². The lowest BCUT2D eigenvalue weighted by Crippen LogP contribution is -2.27. The van der Waals surface area contributed by atoms with Gasteiger partial charge in [0.1, 0.15) is 12.5 Å². The van der Waals surface area contributed by atoms with Crippen LogP contribution in [-0.2, 0) is 12.6 Å². The SMILES string of the molecule is CCc1nc(-c2cnc(C)c(C(F)(F)F)c2)cn1C1[C@H]2CN(CCF)C[C@@H]12. The first kappa shape index (κ1) is 18.4. The first-order chi connectivity index (χ1) is 12.8. The maximum absolute atomic E-state index is 13.2. The molecular weight excluding hydrogens is 360 g/mol. The van der Waals surface area contributed by atoms with Gasteiger partial charge in [-0.15, -0.1) is 0 Å². The van der Waals surface area contributed by atoms with E-state index in [0.29, 0.717) is 42.1 Å². The van der Waals surface area contributed by atoms with Crippen LogP contribution in [-0.4, -0.2) is 45.7 Å². The number of pyridine rings is 1. The summed E-state index contributed by atoms with van der Waals surface area (Å²) in [6.07, 6.45) is -0.423. The maximum Gasteiger partial charge on any atom is 0.418 e. The summed E-state index contributed by atoms with van der Waals surface area (Å²) >= 11 is 0. The van der Waals surface area contributed by atoms with Crippen molar-refractivity contribution < 1.29 is 17.6 Å². The Kier molecular flexibility index (Phi) is 4.49. The summed E-state index contributed by atoms with van der Waals surface area (Å²) in [5, 5.41) is 0. The van der Waals surface area contributed by atoms with Crippen molar-refractivity contribution in [3.63, 3.8) is 0 Å². The molecule has 4 rings (SSSR count). The highest BCUT2D eigenvalue weighted by Crippen LogP contribution is 2.55. The first-order valence-corrected chi connectivity index (χ1v) is 9.23. The number of piperidine rings is 1. The number of fused-ring (bicyclic) bond motifs is 1. The second-order valence-corrected chi connectivity index (χ2v) is 7.42. The van der Waals surface area contributed by atoms with Crippen molar-refractivity contribution in [2.45, 2.75) is 32.5 Å². The van der Waals surface area contributed by atoms with Gasteiger partial charge in [-0.25, -0.2) is 9.37 Å². The molecule has 0 N–H and O–H groups in total. The predicted molar refractivity (Wildman–Crippen MR) is 93.0 cm³/mol. The standard InChI is InChI=1S/C19H22F4N4/c1-3-17-25-16(12-6-15(19(21,22)23)11(2)24-7-12)10-27(17)18-13-8-26(5-4-20)9-14(13)18/h6-7,10,13-14,18H,3-5,8-9H2,1-2H3/t13-,14+,18?. The van der Waals surface area contributed by atoms with Gasteiger partial charge in [0.25, 0.3) is 0 Å². The van der Waals surface area contributed by atoms with Crippen LogP contribution in [0.3, 0.4) is 0 Å². The number of likely N-dealkylation sites (tertiary alicyclic amines) is 1. The van der Waals surface area contributed by atoms with E-state index in [1.807, 2.05) is 13.1 Å². The van der Waals surface area contributed by atoms with Crippen LogP contribution >= 0.6 is 0 Å². The van der Waals surface area contributed by atoms with Crippen LogP contribution < -0.4 is 0 Å². The molecular formula is C19H22F4N4. The molecule has 2 aromatic heterocycles. The van der Waals surface area contributed by atoms with Crippen molar-refractivity contribution in [2.24, 2.45) is 11.8 Å². The van der Waals surface area contributed by atoms with E-state index in [1.54, 1.807) is 0 Å². The molecule has 1 aliphatic carbocycles. The Morgan fingerprint density at radius 1 is 1.22 bits per heavy atom. The van der Waals surface area contributed by atoms with Crippen LogP contribution in [0.25, 0.3) is 11.3 Å². The second-order valence-electron chi connectivity index (χ2n) is 7.42. The molecule has 1 saturated carbocycles. The van der Waals surface area contributed by atoms with E-state index >= 15 is 0 Å². The summed E-state index contributed by atoms with van der Waals surface area (Å²) < 4.78 is 54.2. The molecule has 1 saturated heterocycles. The van der Waals surface area contributed by atoms with E-state index in [2.05, 4.69) is 19.4 Å². The average molecular weight is 382 g/mol. The second kappa shape index (κ2) is 6.58. The summed E-state index contributed by atoms with van der Waals surface area (Å²) in [4.78, 5) is 10.6. The zero-order chi connectivity index (χ0) is 19.3. The van der Waals surface area contributed by atoms with Crippen LogP contribution in [0.15, 0.2) is 18.5 Å². The number of imidazole rings is 1. The van der Waals surface area contributed by atoms with Gasteiger partial charge in [0.2, 0.25) is 0 Å². The third-order valence-electron chi connectivity index (χ3n) is 5.76. The van der Waals surface area contributed by atoms with Crippen LogP contribution in [0, 0.1) is 18.8 Å². The van der Waals surface area contributed by atoms with E-state index in [1.165, 1.54) is 13.1 Å². The van der Waals surface area contributed by atoms with E-state index in [0.717, 1.165) is 25.0 Å². The van der Waals surface area contributed by atoms with Gasteiger partial charge in [-0.3, -0.25) is 4.98 Å². The Morgan fingerprint density at radius 2 is 1.93 bits per heavy atom. The van der Waals surface area contributed by atoms with E-state index < -0.39 is 11.7 Å². The summed E-state index contributed by atoms with van der Waals surface area (Å²) in [5.41, 5.74) is 0.144. The van der Waals surface area contributed by atoms with Gasteiger partial charge in [0, 0.05) is 55.7 Å².